The van der Waals surface area contributed by atoms with Crippen molar-refractivity contribution in [3.8, 4) is 11.3 Å². The number of nitrogens with zero attached hydrogens (tertiary/aromatic N) is 2. The smallest absolute Gasteiger partial charge is 0.405 e. The highest BCUT2D eigenvalue weighted by molar-refractivity contribution is 9.10. The summed E-state index contributed by atoms with van der Waals surface area (Å²) in [5.41, 5.74) is 1.90. The highest BCUT2D eigenvalue weighted by Crippen LogP contribution is 2.37. The van der Waals surface area contributed by atoms with E-state index in [4.69, 9.17) is 5.11 Å². The number of carboxylic acid groups (broad SMARTS) is 1. The van der Waals surface area contributed by atoms with Gasteiger partial charge in [0.05, 0.1) is 17.9 Å². The van der Waals surface area contributed by atoms with Gasteiger partial charge in [-0.3, -0.25) is 4.79 Å². The molecule has 1 aliphatic heterocycles. The van der Waals surface area contributed by atoms with Crippen molar-refractivity contribution < 1.29 is 14.7 Å². The summed E-state index contributed by atoms with van der Waals surface area (Å²) in [6, 6.07) is 6.95. The van der Waals surface area contributed by atoms with E-state index in [0.717, 1.165) is 28.0 Å². The Morgan fingerprint density at radius 3 is 2.61 bits per heavy atom. The van der Waals surface area contributed by atoms with Gasteiger partial charge in [-0.1, -0.05) is 48.8 Å². The molecule has 28 heavy (non-hydrogen) atoms. The molecule has 0 radical (unpaired) electrons. The molecule has 1 aliphatic rings. The van der Waals surface area contributed by atoms with Gasteiger partial charge in [0.1, 0.15) is 11.9 Å². The Morgan fingerprint density at radius 1 is 1.32 bits per heavy atom. The van der Waals surface area contributed by atoms with Crippen LogP contribution in [0.3, 0.4) is 0 Å². The van der Waals surface area contributed by atoms with Crippen molar-refractivity contribution in [3.05, 3.63) is 40.8 Å². The lowest BCUT2D eigenvalue weighted by Gasteiger charge is -2.30. The first-order valence-electron chi connectivity index (χ1n) is 9.38. The first-order valence-corrected chi connectivity index (χ1v) is 10.2. The first kappa shape index (κ1) is 20.4. The van der Waals surface area contributed by atoms with E-state index in [2.05, 4.69) is 38.1 Å². The molecule has 0 bridgehead atoms. The lowest BCUT2D eigenvalue weighted by molar-refractivity contribution is -0.135. The monoisotopic (exact) mass is 448 g/mol. The minimum atomic E-state index is -1.19. The number of halogens is 1. The number of aromatic nitrogens is 2. The summed E-state index contributed by atoms with van der Waals surface area (Å²) in [6.07, 6.45) is 1.44. The predicted molar refractivity (Wildman–Crippen MR) is 110 cm³/mol. The summed E-state index contributed by atoms with van der Waals surface area (Å²) in [4.78, 5) is 33.9. The second kappa shape index (κ2) is 8.34. The van der Waals surface area contributed by atoms with Gasteiger partial charge in [0.2, 0.25) is 5.91 Å². The van der Waals surface area contributed by atoms with E-state index in [0.29, 0.717) is 6.54 Å². The van der Waals surface area contributed by atoms with E-state index < -0.39 is 12.1 Å². The van der Waals surface area contributed by atoms with Gasteiger partial charge in [0.25, 0.3) is 0 Å². The van der Waals surface area contributed by atoms with Gasteiger partial charge < -0.3 is 20.3 Å². The van der Waals surface area contributed by atoms with E-state index >= 15 is 0 Å². The van der Waals surface area contributed by atoms with Crippen LogP contribution in [0.1, 0.15) is 39.1 Å². The third kappa shape index (κ3) is 4.22. The minimum absolute atomic E-state index is 0.143. The van der Waals surface area contributed by atoms with Crippen LogP contribution in [-0.2, 0) is 4.79 Å². The Bertz CT molecular complexity index is 849. The normalized spacial score (nSPS) is 20.4. The Morgan fingerprint density at radius 2 is 2.00 bits per heavy atom. The molecule has 3 N–H and O–H groups in total. The Balaban J connectivity index is 1.86. The highest BCUT2D eigenvalue weighted by atomic mass is 79.9. The first-order chi connectivity index (χ1) is 13.3. The van der Waals surface area contributed by atoms with Crippen molar-refractivity contribution >= 4 is 27.9 Å². The van der Waals surface area contributed by atoms with Crippen molar-refractivity contribution in [3.63, 3.8) is 0 Å². The Hall–Kier alpha value is -2.35. The lowest BCUT2D eigenvalue weighted by Crippen LogP contribution is -2.51. The zero-order chi connectivity index (χ0) is 20.4. The molecule has 1 aromatic carbocycles. The van der Waals surface area contributed by atoms with Crippen LogP contribution in [0.25, 0.3) is 11.3 Å². The van der Waals surface area contributed by atoms with E-state index in [-0.39, 0.29) is 23.8 Å². The standard InChI is InChI=1S/C20H25BrN4O3/c1-11(2)16(24-20(27)28)19(26)25-9-8-12(3)17(25)18-22-10-15(23-18)13-4-6-14(21)7-5-13/h4-7,10-12,16-17,24H,8-9H2,1-3H3,(H,22,23)(H,27,28)/t12?,16-,17-/m0/s1. The van der Waals surface area contributed by atoms with Crippen molar-refractivity contribution in [2.45, 2.75) is 39.3 Å². The number of likely N-dealkylation sites (tertiary alicyclic amines) is 1. The number of imidazole rings is 1. The Labute approximate surface area is 172 Å². The number of nitrogens with one attached hydrogen (secondary N) is 2. The maximum Gasteiger partial charge on any atom is 0.405 e. The fraction of sp³-hybridized carbons (Fsp3) is 0.450. The molecule has 3 rings (SSSR count). The number of benzene rings is 1. The molecule has 3 atom stereocenters. The zero-order valence-electron chi connectivity index (χ0n) is 16.1. The van der Waals surface area contributed by atoms with E-state index in [1.807, 2.05) is 38.1 Å². The van der Waals surface area contributed by atoms with Crippen molar-refractivity contribution in [2.24, 2.45) is 11.8 Å². The van der Waals surface area contributed by atoms with Gasteiger partial charge in [-0.2, -0.15) is 0 Å². The minimum Gasteiger partial charge on any atom is -0.465 e. The van der Waals surface area contributed by atoms with Crippen LogP contribution < -0.4 is 5.32 Å². The largest absolute Gasteiger partial charge is 0.465 e. The molecular formula is C20H25BrN4O3. The summed E-state index contributed by atoms with van der Waals surface area (Å²) in [5, 5.41) is 11.5. The van der Waals surface area contributed by atoms with Gasteiger partial charge in [-0.25, -0.2) is 9.78 Å². The van der Waals surface area contributed by atoms with E-state index in [1.54, 1.807) is 11.1 Å². The molecule has 0 spiro atoms. The van der Waals surface area contributed by atoms with Crippen LogP contribution in [0.4, 0.5) is 4.79 Å². The zero-order valence-corrected chi connectivity index (χ0v) is 17.7. The van der Waals surface area contributed by atoms with Crippen LogP contribution in [0.15, 0.2) is 34.9 Å². The molecule has 150 valence electrons. The second-order valence-corrected chi connectivity index (χ2v) is 8.52. The molecule has 0 aliphatic carbocycles. The Kier molecular flexibility index (Phi) is 6.07. The number of carbonyl (C=O) groups is 2. The number of carbonyl (C=O) groups excluding carboxylic acids is 1. The quantitative estimate of drug-likeness (QED) is 0.642. The molecule has 1 fully saturated rings. The molecule has 2 aromatic rings. The maximum absolute atomic E-state index is 13.1. The summed E-state index contributed by atoms with van der Waals surface area (Å²) < 4.78 is 1.00. The number of hydrogen-bond donors (Lipinski definition) is 3. The van der Waals surface area contributed by atoms with Gasteiger partial charge >= 0.3 is 6.09 Å². The van der Waals surface area contributed by atoms with Crippen LogP contribution in [-0.4, -0.2) is 44.6 Å². The third-order valence-electron chi connectivity index (χ3n) is 5.23. The number of hydrogen-bond acceptors (Lipinski definition) is 3. The molecule has 7 nitrogen and oxygen atoms in total. The molecule has 1 aromatic heterocycles. The van der Waals surface area contributed by atoms with Gasteiger partial charge in [-0.05, 0) is 36.0 Å². The molecule has 0 saturated carbocycles. The summed E-state index contributed by atoms with van der Waals surface area (Å²) in [6.45, 7) is 6.36. The van der Waals surface area contributed by atoms with E-state index in [9.17, 15) is 9.59 Å². The average Bonchev–Trinajstić information content (AvgIpc) is 3.26. The maximum atomic E-state index is 13.1. The highest BCUT2D eigenvalue weighted by Gasteiger charge is 2.41. The third-order valence-corrected chi connectivity index (χ3v) is 5.75. The number of amides is 2. The van der Waals surface area contributed by atoms with Crippen molar-refractivity contribution in [1.29, 1.82) is 0 Å². The second-order valence-electron chi connectivity index (χ2n) is 7.60. The molecule has 1 unspecified atom stereocenters. The van der Waals surface area contributed by atoms with Crippen LogP contribution in [0.5, 0.6) is 0 Å². The topological polar surface area (TPSA) is 98.3 Å². The fourth-order valence-corrected chi connectivity index (χ4v) is 3.96. The average molecular weight is 449 g/mol. The summed E-state index contributed by atoms with van der Waals surface area (Å²) >= 11 is 3.43. The summed E-state index contributed by atoms with van der Waals surface area (Å²) in [7, 11) is 0. The molecule has 2 heterocycles. The number of aromatic amines is 1. The molecular weight excluding hydrogens is 424 g/mol. The van der Waals surface area contributed by atoms with Crippen molar-refractivity contribution in [1.82, 2.24) is 20.2 Å². The summed E-state index contributed by atoms with van der Waals surface area (Å²) in [5.74, 6) is 0.614. The van der Waals surface area contributed by atoms with Gasteiger partial charge in [0.15, 0.2) is 0 Å². The van der Waals surface area contributed by atoms with Crippen LogP contribution in [0, 0.1) is 11.8 Å². The van der Waals surface area contributed by atoms with Crippen LogP contribution >= 0.6 is 15.9 Å². The molecule has 1 saturated heterocycles. The SMILES string of the molecule is CC(C)[C@H](NC(=O)O)C(=O)N1CCC(C)[C@H]1c1ncc(-c2ccc(Br)cc2)[nH]1. The van der Waals surface area contributed by atoms with Gasteiger partial charge in [0, 0.05) is 11.0 Å². The van der Waals surface area contributed by atoms with Crippen LogP contribution in [0.2, 0.25) is 0 Å². The number of H-pyrrole nitrogens is 1. The van der Waals surface area contributed by atoms with Crippen molar-refractivity contribution in [2.75, 3.05) is 6.54 Å². The molecule has 8 heteroatoms. The fourth-order valence-electron chi connectivity index (χ4n) is 3.70. The van der Waals surface area contributed by atoms with Gasteiger partial charge in [-0.15, -0.1) is 0 Å². The van der Waals surface area contributed by atoms with E-state index in [1.165, 1.54) is 0 Å². The lowest BCUT2D eigenvalue weighted by atomic mass is 10.00. The number of rotatable bonds is 5. The predicted octanol–water partition coefficient (Wildman–Crippen LogP) is 4.04. The molecule has 2 amide bonds.